The molecule has 2 aromatic heterocycles. The van der Waals surface area contributed by atoms with Crippen molar-refractivity contribution >= 4 is 28.0 Å². The van der Waals surface area contributed by atoms with E-state index < -0.39 is 74.0 Å². The summed E-state index contributed by atoms with van der Waals surface area (Å²) in [6.07, 6.45) is -13.2. The van der Waals surface area contributed by atoms with Crippen molar-refractivity contribution in [2.75, 3.05) is 20.8 Å². The van der Waals surface area contributed by atoms with Gasteiger partial charge in [0.1, 0.15) is 47.9 Å². The van der Waals surface area contributed by atoms with Crippen LogP contribution in [0.25, 0.3) is 22.0 Å². The molecule has 0 bridgehead atoms. The van der Waals surface area contributed by atoms with Gasteiger partial charge in [0.05, 0.1) is 38.6 Å². The third-order valence-corrected chi connectivity index (χ3v) is 7.29. The fourth-order valence-corrected chi connectivity index (χ4v) is 5.18. The Morgan fingerprint density at radius 3 is 2.31 bits per heavy atom. The average molecular weight is 596 g/mol. The molecule has 0 aliphatic carbocycles. The van der Waals surface area contributed by atoms with E-state index in [9.17, 15) is 30.3 Å². The van der Waals surface area contributed by atoms with Crippen molar-refractivity contribution in [3.05, 3.63) is 24.5 Å². The van der Waals surface area contributed by atoms with Gasteiger partial charge in [0.25, 0.3) is 0 Å². The molecule has 0 saturated carbocycles. The van der Waals surface area contributed by atoms with Crippen molar-refractivity contribution in [2.24, 2.45) is 0 Å². The largest absolute Gasteiger partial charge is 0.495 e. The smallest absolute Gasteiger partial charge is 0.303 e. The number of aliphatic hydroxyl groups is 5. The third kappa shape index (κ3) is 5.33. The number of benzene rings is 1. The van der Waals surface area contributed by atoms with Crippen molar-refractivity contribution in [1.29, 1.82) is 0 Å². The zero-order valence-corrected chi connectivity index (χ0v) is 23.1. The number of nitrogens with zero attached hydrogens (tertiary/aromatic N) is 1. The van der Waals surface area contributed by atoms with Gasteiger partial charge >= 0.3 is 5.97 Å². The standard InChI is InChI=1S/C27H33NO14/c1-10-17(31)23(42-26-20(34)19(33)18(32)15(9-29)41-26)24(39-11(2)30)27(38-10)40-14-6-5-12-16(22(14)36-4)28-25-13(7-8-37-25)21(12)35-3/h5-8,10,15,17-20,23-24,26-27,29,31-34H,9H2,1-4H3. The summed E-state index contributed by atoms with van der Waals surface area (Å²) in [5.41, 5.74) is 0.641. The molecular formula is C27H33NO14. The Morgan fingerprint density at radius 2 is 1.64 bits per heavy atom. The van der Waals surface area contributed by atoms with Gasteiger partial charge < -0.3 is 63.1 Å². The molecular weight excluding hydrogens is 562 g/mol. The number of fused-ring (bicyclic) bond motifs is 2. The molecule has 3 aromatic rings. The molecule has 2 fully saturated rings. The monoisotopic (exact) mass is 595 g/mol. The molecule has 4 heterocycles. The maximum atomic E-state index is 12.1. The van der Waals surface area contributed by atoms with E-state index >= 15 is 0 Å². The molecule has 230 valence electrons. The predicted molar refractivity (Wildman–Crippen MR) is 140 cm³/mol. The number of hydrogen-bond donors (Lipinski definition) is 5. The summed E-state index contributed by atoms with van der Waals surface area (Å²) < 4.78 is 45.5. The first-order valence-corrected chi connectivity index (χ1v) is 13.1. The molecule has 10 unspecified atom stereocenters. The number of hydrogen-bond acceptors (Lipinski definition) is 15. The number of ether oxygens (including phenoxy) is 7. The number of esters is 1. The van der Waals surface area contributed by atoms with Gasteiger partial charge in [-0.2, -0.15) is 0 Å². The molecule has 2 saturated heterocycles. The summed E-state index contributed by atoms with van der Waals surface area (Å²) >= 11 is 0. The molecule has 1 aromatic carbocycles. The molecule has 15 heteroatoms. The number of pyridine rings is 1. The maximum Gasteiger partial charge on any atom is 0.303 e. The molecule has 0 radical (unpaired) electrons. The van der Waals surface area contributed by atoms with Gasteiger partial charge in [-0.3, -0.25) is 4.79 Å². The fraction of sp³-hybridized carbons (Fsp3) is 0.556. The highest BCUT2D eigenvalue weighted by atomic mass is 16.7. The minimum atomic E-state index is -1.77. The minimum Gasteiger partial charge on any atom is -0.495 e. The number of carbonyl (C=O) groups is 1. The molecule has 15 nitrogen and oxygen atoms in total. The number of furan rings is 1. The summed E-state index contributed by atoms with van der Waals surface area (Å²) in [7, 11) is 2.92. The van der Waals surface area contributed by atoms with Crippen LogP contribution >= 0.6 is 0 Å². The van der Waals surface area contributed by atoms with Crippen LogP contribution in [0.3, 0.4) is 0 Å². The number of aliphatic hydroxyl groups excluding tert-OH is 5. The number of aromatic nitrogens is 1. The number of methoxy groups -OCH3 is 2. The van der Waals surface area contributed by atoms with Crippen LogP contribution in [-0.2, 0) is 23.7 Å². The van der Waals surface area contributed by atoms with Crippen molar-refractivity contribution in [2.45, 2.75) is 75.3 Å². The van der Waals surface area contributed by atoms with Crippen LogP contribution in [0, 0.1) is 0 Å². The third-order valence-electron chi connectivity index (χ3n) is 7.29. The Hall–Kier alpha value is -3.28. The first-order valence-electron chi connectivity index (χ1n) is 13.1. The van der Waals surface area contributed by atoms with Crippen LogP contribution in [0.15, 0.2) is 28.9 Å². The Labute approximate surface area is 239 Å². The molecule has 5 N–H and O–H groups in total. The highest BCUT2D eigenvalue weighted by Gasteiger charge is 2.52. The van der Waals surface area contributed by atoms with E-state index in [1.165, 1.54) is 27.4 Å². The van der Waals surface area contributed by atoms with E-state index in [0.29, 0.717) is 27.8 Å². The van der Waals surface area contributed by atoms with E-state index in [4.69, 9.17) is 37.6 Å². The van der Waals surface area contributed by atoms with E-state index in [1.54, 1.807) is 18.2 Å². The summed E-state index contributed by atoms with van der Waals surface area (Å²) in [5, 5.41) is 52.6. The van der Waals surface area contributed by atoms with Gasteiger partial charge in [0.2, 0.25) is 12.0 Å². The SMILES string of the molecule is COc1c2ccoc2nc2c(OC)c(OC3OC(C)C(O)C(OC4OC(CO)C(O)C(O)C4O)C3OC(C)=O)ccc12. The molecule has 2 aliphatic heterocycles. The second-order valence-electron chi connectivity index (χ2n) is 9.97. The van der Waals surface area contributed by atoms with Gasteiger partial charge in [0.15, 0.2) is 23.9 Å². The van der Waals surface area contributed by atoms with Gasteiger partial charge in [-0.15, -0.1) is 0 Å². The van der Waals surface area contributed by atoms with Crippen LogP contribution in [0.1, 0.15) is 13.8 Å². The van der Waals surface area contributed by atoms with Crippen LogP contribution in [0.2, 0.25) is 0 Å². The predicted octanol–water partition coefficient (Wildman–Crippen LogP) is -0.400. The molecule has 10 atom stereocenters. The topological polar surface area (TPSA) is 209 Å². The van der Waals surface area contributed by atoms with Crippen LogP contribution < -0.4 is 14.2 Å². The second-order valence-corrected chi connectivity index (χ2v) is 9.97. The highest BCUT2D eigenvalue weighted by molar-refractivity contribution is 6.02. The van der Waals surface area contributed by atoms with Gasteiger partial charge in [0, 0.05) is 12.3 Å². The van der Waals surface area contributed by atoms with Gasteiger partial charge in [-0.1, -0.05) is 0 Å². The average Bonchev–Trinajstić information content (AvgIpc) is 3.44. The Morgan fingerprint density at radius 1 is 0.905 bits per heavy atom. The summed E-state index contributed by atoms with van der Waals surface area (Å²) in [5.74, 6) is 0.0470. The first-order chi connectivity index (χ1) is 20.1. The molecule has 2 aliphatic rings. The zero-order chi connectivity index (χ0) is 30.3. The van der Waals surface area contributed by atoms with E-state index in [2.05, 4.69) is 4.98 Å². The first kappa shape index (κ1) is 30.2. The van der Waals surface area contributed by atoms with Crippen molar-refractivity contribution < 1.29 is 67.9 Å². The fourth-order valence-electron chi connectivity index (χ4n) is 5.18. The normalized spacial score (nSPS) is 33.5. The summed E-state index contributed by atoms with van der Waals surface area (Å²) in [4.78, 5) is 16.7. The van der Waals surface area contributed by atoms with Crippen LogP contribution in [0.4, 0.5) is 0 Å². The van der Waals surface area contributed by atoms with E-state index in [0.717, 1.165) is 6.92 Å². The van der Waals surface area contributed by atoms with Crippen molar-refractivity contribution in [3.8, 4) is 17.2 Å². The lowest BCUT2D eigenvalue weighted by molar-refractivity contribution is -0.350. The number of rotatable bonds is 8. The molecule has 0 amide bonds. The van der Waals surface area contributed by atoms with Crippen molar-refractivity contribution in [3.63, 3.8) is 0 Å². The minimum absolute atomic E-state index is 0.128. The Bertz CT molecular complexity index is 1410. The zero-order valence-electron chi connectivity index (χ0n) is 23.1. The van der Waals surface area contributed by atoms with Crippen LogP contribution in [0.5, 0.6) is 17.2 Å². The maximum absolute atomic E-state index is 12.1. The number of carbonyl (C=O) groups excluding carboxylic acids is 1. The molecule has 42 heavy (non-hydrogen) atoms. The quantitative estimate of drug-likeness (QED) is 0.210. The van der Waals surface area contributed by atoms with Gasteiger partial charge in [-0.25, -0.2) is 4.98 Å². The van der Waals surface area contributed by atoms with E-state index in [1.807, 2.05) is 0 Å². The Kier molecular flexibility index (Phi) is 8.73. The Balaban J connectivity index is 1.50. The lowest BCUT2D eigenvalue weighted by atomic mass is 9.97. The lowest BCUT2D eigenvalue weighted by Crippen LogP contribution is -2.65. The summed E-state index contributed by atoms with van der Waals surface area (Å²) in [6, 6.07) is 4.99. The molecule has 5 rings (SSSR count). The highest BCUT2D eigenvalue weighted by Crippen LogP contribution is 2.43. The van der Waals surface area contributed by atoms with E-state index in [-0.39, 0.29) is 11.5 Å². The second kappa shape index (κ2) is 12.1. The van der Waals surface area contributed by atoms with Crippen LogP contribution in [-0.4, -0.2) is 119 Å². The van der Waals surface area contributed by atoms with Crippen molar-refractivity contribution in [1.82, 2.24) is 4.98 Å². The summed E-state index contributed by atoms with van der Waals surface area (Å²) in [6.45, 7) is 1.96. The molecule has 0 spiro atoms. The lowest BCUT2D eigenvalue weighted by Gasteiger charge is -2.46. The van der Waals surface area contributed by atoms with Gasteiger partial charge in [-0.05, 0) is 25.1 Å².